The van der Waals surface area contributed by atoms with Crippen LogP contribution in [0.3, 0.4) is 0 Å². The molecule has 4 rings (SSSR count). The van der Waals surface area contributed by atoms with E-state index in [0.29, 0.717) is 18.4 Å². The minimum Gasteiger partial charge on any atom is -0.458 e. The molecule has 0 unspecified atom stereocenters. The number of aliphatic hydroxyl groups is 1. The largest absolute Gasteiger partial charge is 0.458 e. The van der Waals surface area contributed by atoms with Crippen LogP contribution in [-0.4, -0.2) is 17.7 Å². The number of benzene rings is 4. The lowest BCUT2D eigenvalue weighted by atomic mass is 9.94. The molecule has 0 heterocycles. The Morgan fingerprint density at radius 2 is 1.58 bits per heavy atom. The first kappa shape index (κ1) is 27.3. The summed E-state index contributed by atoms with van der Waals surface area (Å²) < 4.78 is 20.6. The van der Waals surface area contributed by atoms with Crippen molar-refractivity contribution in [2.45, 2.75) is 52.1 Å². The maximum absolute atomic E-state index is 15.3. The summed E-state index contributed by atoms with van der Waals surface area (Å²) in [5.41, 5.74) is 6.37. The fourth-order valence-corrected chi connectivity index (χ4v) is 4.78. The average molecular weight is 511 g/mol. The van der Waals surface area contributed by atoms with Gasteiger partial charge in [0.25, 0.3) is 0 Å². The zero-order valence-electron chi connectivity index (χ0n) is 22.0. The number of esters is 1. The zero-order valence-corrected chi connectivity index (χ0v) is 22.0. The van der Waals surface area contributed by atoms with Crippen molar-refractivity contribution in [2.75, 3.05) is 6.61 Å². The van der Waals surface area contributed by atoms with Crippen LogP contribution >= 0.6 is 0 Å². The summed E-state index contributed by atoms with van der Waals surface area (Å²) in [6.07, 6.45) is 7.13. The van der Waals surface area contributed by atoms with Gasteiger partial charge in [0.1, 0.15) is 12.4 Å². The minimum absolute atomic E-state index is 0.0846. The molecule has 0 aliphatic heterocycles. The molecule has 0 atom stereocenters. The van der Waals surface area contributed by atoms with Gasteiger partial charge >= 0.3 is 5.97 Å². The van der Waals surface area contributed by atoms with E-state index in [4.69, 9.17) is 4.74 Å². The third-order valence-corrected chi connectivity index (χ3v) is 6.94. The van der Waals surface area contributed by atoms with Gasteiger partial charge in [0.2, 0.25) is 0 Å². The Bertz CT molecular complexity index is 1410. The number of carbonyl (C=O) groups is 1. The molecular formula is C34H35FO3. The van der Waals surface area contributed by atoms with Gasteiger partial charge in [-0.3, -0.25) is 0 Å². The second-order valence-electron chi connectivity index (χ2n) is 9.67. The predicted molar refractivity (Wildman–Crippen MR) is 153 cm³/mol. The van der Waals surface area contributed by atoms with Crippen LogP contribution in [0.5, 0.6) is 0 Å². The molecular weight excluding hydrogens is 475 g/mol. The van der Waals surface area contributed by atoms with E-state index in [2.05, 4.69) is 43.8 Å². The molecule has 4 aromatic carbocycles. The number of rotatable bonds is 12. The Balaban J connectivity index is 1.60. The molecule has 0 radical (unpaired) electrons. The summed E-state index contributed by atoms with van der Waals surface area (Å²) in [5.74, 6) is -0.756. The van der Waals surface area contributed by atoms with Gasteiger partial charge < -0.3 is 9.84 Å². The summed E-state index contributed by atoms with van der Waals surface area (Å²) in [6.45, 7) is 5.86. The fraction of sp³-hybridized carbons (Fsp3) is 0.265. The molecule has 0 saturated carbocycles. The van der Waals surface area contributed by atoms with Crippen molar-refractivity contribution in [1.29, 1.82) is 0 Å². The van der Waals surface area contributed by atoms with Gasteiger partial charge in [0.05, 0.1) is 0 Å². The second-order valence-corrected chi connectivity index (χ2v) is 9.67. The number of ether oxygens (including phenoxy) is 1. The molecule has 0 spiro atoms. The highest BCUT2D eigenvalue weighted by atomic mass is 19.1. The highest BCUT2D eigenvalue weighted by molar-refractivity contribution is 5.89. The quantitative estimate of drug-likeness (QED) is 0.119. The first-order valence-corrected chi connectivity index (χ1v) is 13.4. The van der Waals surface area contributed by atoms with Crippen LogP contribution < -0.4 is 0 Å². The summed E-state index contributed by atoms with van der Waals surface area (Å²) in [5, 5.41) is 11.2. The number of hydrogen-bond acceptors (Lipinski definition) is 3. The second kappa shape index (κ2) is 13.2. The van der Waals surface area contributed by atoms with Crippen LogP contribution in [0.2, 0.25) is 0 Å². The zero-order chi connectivity index (χ0) is 26.9. The number of carbonyl (C=O) groups excluding carboxylic acids is 1. The topological polar surface area (TPSA) is 46.5 Å². The van der Waals surface area contributed by atoms with Crippen molar-refractivity contribution >= 4 is 16.7 Å². The van der Waals surface area contributed by atoms with E-state index in [9.17, 15) is 9.90 Å². The minimum atomic E-state index is -0.486. The van der Waals surface area contributed by atoms with Crippen LogP contribution in [0, 0.1) is 5.82 Å². The first-order valence-electron chi connectivity index (χ1n) is 13.4. The van der Waals surface area contributed by atoms with E-state index in [0.717, 1.165) is 51.1 Å². The van der Waals surface area contributed by atoms with Crippen LogP contribution in [0.15, 0.2) is 85.5 Å². The number of aliphatic hydroxyl groups excluding tert-OH is 1. The highest BCUT2D eigenvalue weighted by Gasteiger charge is 2.12. The van der Waals surface area contributed by atoms with Crippen molar-refractivity contribution in [2.24, 2.45) is 0 Å². The lowest BCUT2D eigenvalue weighted by Gasteiger charge is -2.13. The summed E-state index contributed by atoms with van der Waals surface area (Å²) in [6, 6.07) is 23.7. The molecule has 0 aromatic heterocycles. The third-order valence-electron chi connectivity index (χ3n) is 6.94. The Morgan fingerprint density at radius 1 is 0.842 bits per heavy atom. The normalized spacial score (nSPS) is 11.0. The summed E-state index contributed by atoms with van der Waals surface area (Å²) in [7, 11) is 0. The van der Waals surface area contributed by atoms with E-state index in [1.807, 2.05) is 36.4 Å². The molecule has 3 nitrogen and oxygen atoms in total. The molecule has 0 aliphatic rings. The van der Waals surface area contributed by atoms with Crippen molar-refractivity contribution in [3.63, 3.8) is 0 Å². The standard InChI is InChI=1S/C34H35FO3/c1-3-5-6-8-24-10-12-25(13-11-24)28-16-17-32(33(35)22-28)29-15-14-27-19-26(9-7-18-36)31(21-30(27)20-29)23-38-34(37)4-2/h4,10-17,19-22,36H,2-3,5-9,18,23H2,1H3. The number of aryl methyl sites for hydroxylation is 2. The SMILES string of the molecule is C=CC(=O)OCc1cc2cc(-c3ccc(-c4ccc(CCCCC)cc4)cc3F)ccc2cc1CCCO. The van der Waals surface area contributed by atoms with Crippen molar-refractivity contribution in [3.05, 3.63) is 108 Å². The molecule has 4 heteroatoms. The van der Waals surface area contributed by atoms with Gasteiger partial charge in [0, 0.05) is 18.2 Å². The van der Waals surface area contributed by atoms with E-state index in [1.54, 1.807) is 6.07 Å². The van der Waals surface area contributed by atoms with Crippen LogP contribution in [-0.2, 0) is 29.0 Å². The summed E-state index contributed by atoms with van der Waals surface area (Å²) in [4.78, 5) is 11.6. The molecule has 1 N–H and O–H groups in total. The number of unbranched alkanes of at least 4 members (excludes halogenated alkanes) is 2. The Morgan fingerprint density at radius 3 is 2.29 bits per heavy atom. The molecule has 4 aromatic rings. The number of halogens is 1. The van der Waals surface area contributed by atoms with Gasteiger partial charge in [0.15, 0.2) is 0 Å². The van der Waals surface area contributed by atoms with Crippen molar-refractivity contribution < 1.29 is 19.0 Å². The van der Waals surface area contributed by atoms with Gasteiger partial charge in [-0.05, 0) is 88.0 Å². The molecule has 0 aliphatic carbocycles. The van der Waals surface area contributed by atoms with E-state index < -0.39 is 5.97 Å². The lowest BCUT2D eigenvalue weighted by Crippen LogP contribution is -2.04. The molecule has 0 fully saturated rings. The average Bonchev–Trinajstić information content (AvgIpc) is 2.94. The Labute approximate surface area is 224 Å². The van der Waals surface area contributed by atoms with E-state index >= 15 is 4.39 Å². The molecule has 0 saturated heterocycles. The maximum Gasteiger partial charge on any atom is 0.330 e. The predicted octanol–water partition coefficient (Wildman–Crippen LogP) is 8.20. The Kier molecular flexibility index (Phi) is 9.45. The highest BCUT2D eigenvalue weighted by Crippen LogP contribution is 2.32. The molecule has 196 valence electrons. The summed E-state index contributed by atoms with van der Waals surface area (Å²) >= 11 is 0. The lowest BCUT2D eigenvalue weighted by molar-refractivity contribution is -0.138. The van der Waals surface area contributed by atoms with Crippen LogP contribution in [0.25, 0.3) is 33.0 Å². The maximum atomic E-state index is 15.3. The Hall–Kier alpha value is -3.76. The number of fused-ring (bicyclic) bond motifs is 1. The molecule has 38 heavy (non-hydrogen) atoms. The number of hydrogen-bond donors (Lipinski definition) is 1. The van der Waals surface area contributed by atoms with Gasteiger partial charge in [-0.25, -0.2) is 9.18 Å². The van der Waals surface area contributed by atoms with Gasteiger partial charge in [-0.15, -0.1) is 0 Å². The monoisotopic (exact) mass is 510 g/mol. The smallest absolute Gasteiger partial charge is 0.330 e. The van der Waals surface area contributed by atoms with Crippen LogP contribution in [0.1, 0.15) is 49.3 Å². The fourth-order valence-electron chi connectivity index (χ4n) is 4.78. The van der Waals surface area contributed by atoms with Gasteiger partial charge in [-0.2, -0.15) is 0 Å². The van der Waals surface area contributed by atoms with Crippen molar-refractivity contribution in [3.8, 4) is 22.3 Å². The third kappa shape index (κ3) is 6.76. The van der Waals surface area contributed by atoms with E-state index in [-0.39, 0.29) is 19.0 Å². The first-order chi connectivity index (χ1) is 18.5. The van der Waals surface area contributed by atoms with E-state index in [1.165, 1.54) is 24.8 Å². The molecule has 0 bridgehead atoms. The molecule has 0 amide bonds. The van der Waals surface area contributed by atoms with Gasteiger partial charge in [-0.1, -0.05) is 80.9 Å². The van der Waals surface area contributed by atoms with Crippen LogP contribution in [0.4, 0.5) is 4.39 Å². The van der Waals surface area contributed by atoms with Crippen molar-refractivity contribution in [1.82, 2.24) is 0 Å².